The van der Waals surface area contributed by atoms with Crippen molar-refractivity contribution in [3.63, 3.8) is 0 Å². The van der Waals surface area contributed by atoms with Gasteiger partial charge in [-0.1, -0.05) is 12.1 Å². The van der Waals surface area contributed by atoms with Crippen molar-refractivity contribution < 1.29 is 14.6 Å². The van der Waals surface area contributed by atoms with E-state index in [0.717, 1.165) is 70.6 Å². The number of nitrogens with zero attached hydrogens (tertiary/aromatic N) is 2. The zero-order chi connectivity index (χ0) is 17.3. The van der Waals surface area contributed by atoms with E-state index in [4.69, 9.17) is 4.74 Å². The number of aliphatic hydroxyl groups is 1. The number of carbonyl (C=O) groups is 1. The van der Waals surface area contributed by atoms with Gasteiger partial charge in [0.1, 0.15) is 0 Å². The average molecular weight is 344 g/mol. The topological polar surface area (TPSA) is 53.0 Å². The SMILES string of the molecule is O=C1CCCN1c1ccc(CN2CCC3(CC2)OCCC[C@@H]3O)cc1. The van der Waals surface area contributed by atoms with Crippen LogP contribution in [0.2, 0.25) is 0 Å². The summed E-state index contributed by atoms with van der Waals surface area (Å²) in [4.78, 5) is 16.2. The van der Waals surface area contributed by atoms with E-state index < -0.39 is 0 Å². The van der Waals surface area contributed by atoms with Gasteiger partial charge in [-0.25, -0.2) is 0 Å². The van der Waals surface area contributed by atoms with Gasteiger partial charge < -0.3 is 14.7 Å². The molecule has 0 saturated carbocycles. The molecule has 25 heavy (non-hydrogen) atoms. The van der Waals surface area contributed by atoms with Crippen molar-refractivity contribution >= 4 is 11.6 Å². The number of carbonyl (C=O) groups excluding carboxylic acids is 1. The monoisotopic (exact) mass is 344 g/mol. The molecule has 0 bridgehead atoms. The second-order valence-electron chi connectivity index (χ2n) is 7.66. The van der Waals surface area contributed by atoms with Crippen molar-refractivity contribution in [2.45, 2.75) is 56.8 Å². The molecule has 3 fully saturated rings. The summed E-state index contributed by atoms with van der Waals surface area (Å²) in [5.41, 5.74) is 1.99. The van der Waals surface area contributed by atoms with Crippen LogP contribution in [0.4, 0.5) is 5.69 Å². The second-order valence-corrected chi connectivity index (χ2v) is 7.66. The Bertz CT molecular complexity index is 608. The lowest BCUT2D eigenvalue weighted by Gasteiger charge is -2.46. The van der Waals surface area contributed by atoms with E-state index in [1.165, 1.54) is 5.56 Å². The predicted octanol–water partition coefficient (Wildman–Crippen LogP) is 2.32. The summed E-state index contributed by atoms with van der Waals surface area (Å²) in [6.45, 7) is 4.47. The molecule has 0 aliphatic carbocycles. The Morgan fingerprint density at radius 3 is 2.52 bits per heavy atom. The quantitative estimate of drug-likeness (QED) is 0.914. The largest absolute Gasteiger partial charge is 0.390 e. The van der Waals surface area contributed by atoms with Gasteiger partial charge in [-0.15, -0.1) is 0 Å². The lowest BCUT2D eigenvalue weighted by molar-refractivity contribution is -0.177. The van der Waals surface area contributed by atoms with E-state index >= 15 is 0 Å². The molecule has 4 rings (SSSR count). The summed E-state index contributed by atoms with van der Waals surface area (Å²) in [7, 11) is 0. The van der Waals surface area contributed by atoms with E-state index in [1.807, 2.05) is 4.90 Å². The summed E-state index contributed by atoms with van der Waals surface area (Å²) < 4.78 is 5.99. The van der Waals surface area contributed by atoms with Crippen LogP contribution in [-0.2, 0) is 16.1 Å². The molecule has 3 saturated heterocycles. The Balaban J connectivity index is 1.33. The van der Waals surface area contributed by atoms with Crippen LogP contribution in [0.25, 0.3) is 0 Å². The van der Waals surface area contributed by atoms with Gasteiger partial charge in [0, 0.05) is 44.9 Å². The van der Waals surface area contributed by atoms with E-state index in [1.54, 1.807) is 0 Å². The molecule has 0 aromatic heterocycles. The van der Waals surface area contributed by atoms with Crippen LogP contribution in [-0.4, -0.2) is 53.9 Å². The number of likely N-dealkylation sites (tertiary alicyclic amines) is 1. The van der Waals surface area contributed by atoms with Gasteiger partial charge in [0.05, 0.1) is 11.7 Å². The number of anilines is 1. The third kappa shape index (κ3) is 3.46. The zero-order valence-corrected chi connectivity index (χ0v) is 14.8. The molecule has 0 unspecified atom stereocenters. The maximum Gasteiger partial charge on any atom is 0.227 e. The summed E-state index contributed by atoms with van der Waals surface area (Å²) >= 11 is 0. The Kier molecular flexibility index (Phi) is 4.80. The van der Waals surface area contributed by atoms with Crippen LogP contribution in [0, 0.1) is 0 Å². The van der Waals surface area contributed by atoms with E-state index in [-0.39, 0.29) is 17.6 Å². The minimum atomic E-state index is -0.305. The van der Waals surface area contributed by atoms with Gasteiger partial charge in [-0.05, 0) is 49.8 Å². The molecule has 136 valence electrons. The van der Waals surface area contributed by atoms with Crippen molar-refractivity contribution in [3.05, 3.63) is 29.8 Å². The van der Waals surface area contributed by atoms with Crippen molar-refractivity contribution in [1.29, 1.82) is 0 Å². The summed E-state index contributed by atoms with van der Waals surface area (Å²) in [5, 5.41) is 10.3. The Labute approximate surface area is 149 Å². The maximum absolute atomic E-state index is 11.8. The third-order valence-electron chi connectivity index (χ3n) is 6.05. The molecule has 1 spiro atoms. The van der Waals surface area contributed by atoms with Gasteiger partial charge in [0.2, 0.25) is 5.91 Å². The summed E-state index contributed by atoms with van der Waals surface area (Å²) in [6.07, 6.45) is 4.99. The number of hydrogen-bond donors (Lipinski definition) is 1. The standard InChI is InChI=1S/C20H28N2O3/c23-18-3-2-14-25-20(18)9-12-21(13-10-20)15-16-5-7-17(8-6-16)22-11-1-4-19(22)24/h5-8,18,23H,1-4,9-15H2/t18-/m0/s1. The first-order valence-electron chi connectivity index (χ1n) is 9.60. The molecule has 0 radical (unpaired) electrons. The van der Waals surface area contributed by atoms with E-state index in [2.05, 4.69) is 29.2 Å². The van der Waals surface area contributed by atoms with Crippen molar-refractivity contribution in [1.82, 2.24) is 4.90 Å². The first kappa shape index (κ1) is 17.0. The van der Waals surface area contributed by atoms with Crippen LogP contribution < -0.4 is 4.90 Å². The Morgan fingerprint density at radius 2 is 1.88 bits per heavy atom. The fraction of sp³-hybridized carbons (Fsp3) is 0.650. The van der Waals surface area contributed by atoms with E-state index in [9.17, 15) is 9.90 Å². The lowest BCUT2D eigenvalue weighted by atomic mass is 9.82. The third-order valence-corrected chi connectivity index (χ3v) is 6.05. The number of aliphatic hydroxyl groups excluding tert-OH is 1. The molecule has 5 heteroatoms. The average Bonchev–Trinajstić information content (AvgIpc) is 3.06. The van der Waals surface area contributed by atoms with Crippen LogP contribution in [0.15, 0.2) is 24.3 Å². The lowest BCUT2D eigenvalue weighted by Crippen LogP contribution is -2.55. The van der Waals surface area contributed by atoms with Crippen LogP contribution in [0.5, 0.6) is 0 Å². The molecule has 1 aromatic rings. The fourth-order valence-corrected chi connectivity index (χ4v) is 4.44. The molecule has 3 heterocycles. The number of benzene rings is 1. The molecule has 1 aromatic carbocycles. The Morgan fingerprint density at radius 1 is 1.12 bits per heavy atom. The second kappa shape index (κ2) is 7.06. The predicted molar refractivity (Wildman–Crippen MR) is 96.5 cm³/mol. The summed E-state index contributed by atoms with van der Waals surface area (Å²) in [6, 6.07) is 8.41. The zero-order valence-electron chi connectivity index (χ0n) is 14.8. The molecular formula is C20H28N2O3. The smallest absolute Gasteiger partial charge is 0.227 e. The summed E-state index contributed by atoms with van der Waals surface area (Å²) in [5.74, 6) is 0.236. The minimum absolute atomic E-state index is 0.236. The van der Waals surface area contributed by atoms with Gasteiger partial charge in [0.15, 0.2) is 0 Å². The van der Waals surface area contributed by atoms with Crippen molar-refractivity contribution in [2.75, 3.05) is 31.1 Å². The molecule has 1 atom stereocenters. The van der Waals surface area contributed by atoms with Gasteiger partial charge in [-0.2, -0.15) is 0 Å². The number of piperidine rings is 1. The highest BCUT2D eigenvalue weighted by Gasteiger charge is 2.43. The van der Waals surface area contributed by atoms with Gasteiger partial charge >= 0.3 is 0 Å². The normalized spacial score (nSPS) is 27.2. The molecule has 3 aliphatic heterocycles. The van der Waals surface area contributed by atoms with Gasteiger partial charge in [-0.3, -0.25) is 9.69 Å². The minimum Gasteiger partial charge on any atom is -0.390 e. The van der Waals surface area contributed by atoms with Crippen molar-refractivity contribution in [2.24, 2.45) is 0 Å². The number of hydrogen-bond acceptors (Lipinski definition) is 4. The number of amides is 1. The Hall–Kier alpha value is -1.43. The fourth-order valence-electron chi connectivity index (χ4n) is 4.44. The van der Waals surface area contributed by atoms with Crippen LogP contribution in [0.1, 0.15) is 44.1 Å². The highest BCUT2D eigenvalue weighted by Crippen LogP contribution is 2.35. The molecule has 3 aliphatic rings. The molecule has 1 N–H and O–H groups in total. The highest BCUT2D eigenvalue weighted by molar-refractivity contribution is 5.95. The first-order valence-corrected chi connectivity index (χ1v) is 9.60. The van der Waals surface area contributed by atoms with Crippen molar-refractivity contribution in [3.8, 4) is 0 Å². The molecular weight excluding hydrogens is 316 g/mol. The van der Waals surface area contributed by atoms with Crippen LogP contribution >= 0.6 is 0 Å². The molecule has 5 nitrogen and oxygen atoms in total. The first-order chi connectivity index (χ1) is 12.2. The van der Waals surface area contributed by atoms with Gasteiger partial charge in [0.25, 0.3) is 0 Å². The number of ether oxygens (including phenoxy) is 1. The van der Waals surface area contributed by atoms with Crippen LogP contribution in [0.3, 0.4) is 0 Å². The van der Waals surface area contributed by atoms with E-state index in [0.29, 0.717) is 6.42 Å². The maximum atomic E-state index is 11.8. The molecule has 1 amide bonds. The number of rotatable bonds is 3. The highest BCUT2D eigenvalue weighted by atomic mass is 16.5.